The predicted molar refractivity (Wildman–Crippen MR) is 160 cm³/mol. The first-order valence-electron chi connectivity index (χ1n) is 14.5. The molecule has 42 heavy (non-hydrogen) atoms. The average molecular weight is 590 g/mol. The van der Waals surface area contributed by atoms with Gasteiger partial charge in [0.05, 0.1) is 41.3 Å². The molecule has 4 aliphatic rings. The summed E-state index contributed by atoms with van der Waals surface area (Å²) in [7, 11) is 0. The summed E-state index contributed by atoms with van der Waals surface area (Å²) < 4.78 is 6.75. The molecule has 2 saturated heterocycles. The molecule has 0 saturated carbocycles. The minimum Gasteiger partial charge on any atom is -0.394 e. The summed E-state index contributed by atoms with van der Waals surface area (Å²) in [5, 5.41) is 10.9. The highest BCUT2D eigenvalue weighted by atomic mass is 35.5. The Morgan fingerprint density at radius 1 is 1.00 bits per heavy atom. The Balaban J connectivity index is 1.46. The highest BCUT2D eigenvalue weighted by Crippen LogP contribution is 2.54. The van der Waals surface area contributed by atoms with E-state index in [-0.39, 0.29) is 36.8 Å². The Bertz CT molecular complexity index is 1440. The Labute approximate surface area is 251 Å². The Hall–Kier alpha value is -3.46. The summed E-state index contributed by atoms with van der Waals surface area (Å²) in [5.41, 5.74) is 0.997. The number of anilines is 1. The molecule has 220 valence electrons. The number of carbonyl (C=O) groups excluding carboxylic acids is 3. The number of aliphatic hydroxyl groups excluding tert-OH is 1. The van der Waals surface area contributed by atoms with Crippen LogP contribution in [0.1, 0.15) is 25.0 Å². The highest BCUT2D eigenvalue weighted by Gasteiger charge is 2.72. The van der Waals surface area contributed by atoms with Crippen LogP contribution in [0.25, 0.3) is 0 Å². The zero-order valence-electron chi connectivity index (χ0n) is 24.0. The van der Waals surface area contributed by atoms with Gasteiger partial charge in [-0.3, -0.25) is 14.4 Å². The second-order valence-electron chi connectivity index (χ2n) is 12.0. The number of hydrogen-bond acceptors (Lipinski definition) is 5. The maximum Gasteiger partial charge on any atom is 0.253 e. The van der Waals surface area contributed by atoms with E-state index in [9.17, 15) is 19.5 Å². The number of carbonyl (C=O) groups is 3. The molecule has 4 heterocycles. The van der Waals surface area contributed by atoms with Gasteiger partial charge in [0.1, 0.15) is 11.6 Å². The fourth-order valence-corrected chi connectivity index (χ4v) is 7.54. The van der Waals surface area contributed by atoms with E-state index in [0.29, 0.717) is 23.8 Å². The minimum absolute atomic E-state index is 0.152. The molecular weight excluding hydrogens is 554 g/mol. The lowest BCUT2D eigenvalue weighted by Gasteiger charge is -2.40. The maximum atomic E-state index is 14.7. The molecule has 3 amide bonds. The van der Waals surface area contributed by atoms with E-state index >= 15 is 0 Å². The quantitative estimate of drug-likeness (QED) is 0.519. The van der Waals surface area contributed by atoms with Gasteiger partial charge in [0, 0.05) is 19.6 Å². The second kappa shape index (κ2) is 11.0. The largest absolute Gasteiger partial charge is 0.394 e. The molecule has 2 aromatic carbocycles. The molecule has 6 atom stereocenters. The third-order valence-corrected chi connectivity index (χ3v) is 9.47. The number of fused-ring (bicyclic) bond motifs is 2. The normalized spacial score (nSPS) is 29.5. The fraction of sp³-hybridized carbons (Fsp3) is 0.424. The predicted octanol–water partition coefficient (Wildman–Crippen LogP) is 3.75. The molecule has 1 unspecified atom stereocenters. The summed E-state index contributed by atoms with van der Waals surface area (Å²) in [6.07, 6.45) is 6.76. The van der Waals surface area contributed by atoms with Crippen LogP contribution in [0.4, 0.5) is 5.69 Å². The molecule has 9 heteroatoms. The SMILES string of the molecule is Cc1cccc(Cl)c1N1CC=C[C@]23O[C@@H]4C=CCN(Cc5ccccc5)C(=O)[C@@H]4[C@H]2C(=O)N([C@@H](CO)C(C)C)C3C1=O. The molecule has 8 nitrogen and oxygen atoms in total. The molecule has 0 aliphatic carbocycles. The number of aryl methyl sites for hydroxylation is 1. The van der Waals surface area contributed by atoms with Gasteiger partial charge in [-0.2, -0.15) is 0 Å². The molecular formula is C33H36ClN3O5. The fourth-order valence-electron chi connectivity index (χ4n) is 7.22. The Morgan fingerprint density at radius 2 is 1.76 bits per heavy atom. The number of likely N-dealkylation sites (tertiary alicyclic amines) is 1. The molecule has 2 aromatic rings. The third kappa shape index (κ3) is 4.39. The topological polar surface area (TPSA) is 90.4 Å². The van der Waals surface area contributed by atoms with Gasteiger partial charge in [-0.05, 0) is 30.0 Å². The zero-order valence-corrected chi connectivity index (χ0v) is 24.8. The van der Waals surface area contributed by atoms with Crippen molar-refractivity contribution in [2.24, 2.45) is 17.8 Å². The Kier molecular flexibility index (Phi) is 7.50. The lowest BCUT2D eigenvalue weighted by molar-refractivity contribution is -0.148. The van der Waals surface area contributed by atoms with Crippen LogP contribution in [0, 0.1) is 24.7 Å². The number of rotatable bonds is 6. The summed E-state index contributed by atoms with van der Waals surface area (Å²) >= 11 is 6.63. The van der Waals surface area contributed by atoms with Crippen molar-refractivity contribution in [2.75, 3.05) is 24.6 Å². The highest BCUT2D eigenvalue weighted by molar-refractivity contribution is 6.34. The van der Waals surface area contributed by atoms with E-state index < -0.39 is 35.6 Å². The molecule has 0 bridgehead atoms. The number of aliphatic hydroxyl groups is 1. The van der Waals surface area contributed by atoms with Gasteiger partial charge in [-0.1, -0.05) is 92.2 Å². The number of ether oxygens (including phenoxy) is 1. The first kappa shape index (κ1) is 28.6. The van der Waals surface area contributed by atoms with E-state index in [0.717, 1.165) is 11.1 Å². The van der Waals surface area contributed by atoms with Crippen molar-refractivity contribution in [1.29, 1.82) is 0 Å². The number of amides is 3. The van der Waals surface area contributed by atoms with Gasteiger partial charge in [0.15, 0.2) is 0 Å². The van der Waals surface area contributed by atoms with E-state index in [1.807, 2.05) is 87.5 Å². The van der Waals surface area contributed by atoms with Crippen molar-refractivity contribution < 1.29 is 24.2 Å². The molecule has 1 spiro atoms. The number of benzene rings is 2. The minimum atomic E-state index is -1.38. The first-order chi connectivity index (χ1) is 20.2. The smallest absolute Gasteiger partial charge is 0.253 e. The molecule has 1 N–H and O–H groups in total. The standard InChI is InChI=1S/C33H36ClN3O5/c1-20(2)24(19-38)37-29-32(41)36(28-21(3)10-7-13-23(28)34)17-9-15-33(29)27(31(37)40)26-25(42-33)14-8-16-35(30(26)39)18-22-11-5-4-6-12-22/h4-15,20,24-27,29,38H,16-19H2,1-3H3/t24-,25+,26-,27-,29?,33-/m0/s1. The van der Waals surface area contributed by atoms with Gasteiger partial charge in [0.25, 0.3) is 5.91 Å². The van der Waals surface area contributed by atoms with E-state index in [2.05, 4.69) is 0 Å². The van der Waals surface area contributed by atoms with Crippen LogP contribution < -0.4 is 4.90 Å². The zero-order chi connectivity index (χ0) is 29.8. The monoisotopic (exact) mass is 589 g/mol. The summed E-state index contributed by atoms with van der Waals surface area (Å²) in [6, 6.07) is 13.5. The molecule has 4 aliphatic heterocycles. The van der Waals surface area contributed by atoms with E-state index in [1.165, 1.54) is 4.90 Å². The van der Waals surface area contributed by atoms with Gasteiger partial charge in [-0.25, -0.2) is 0 Å². The van der Waals surface area contributed by atoms with Gasteiger partial charge in [0.2, 0.25) is 11.8 Å². The molecule has 0 aromatic heterocycles. The number of para-hydroxylation sites is 1. The average Bonchev–Trinajstić information content (AvgIpc) is 3.28. The summed E-state index contributed by atoms with van der Waals surface area (Å²) in [5.74, 6) is -2.77. The Morgan fingerprint density at radius 3 is 2.45 bits per heavy atom. The van der Waals surface area contributed by atoms with Crippen LogP contribution in [0.2, 0.25) is 5.02 Å². The van der Waals surface area contributed by atoms with E-state index in [4.69, 9.17) is 16.3 Å². The van der Waals surface area contributed by atoms with Crippen molar-refractivity contribution in [3.63, 3.8) is 0 Å². The van der Waals surface area contributed by atoms with Crippen molar-refractivity contribution in [3.8, 4) is 0 Å². The van der Waals surface area contributed by atoms with Crippen LogP contribution in [-0.4, -0.2) is 76.1 Å². The first-order valence-corrected chi connectivity index (χ1v) is 14.9. The van der Waals surface area contributed by atoms with Gasteiger partial charge >= 0.3 is 0 Å². The number of nitrogens with zero attached hydrogens (tertiary/aromatic N) is 3. The molecule has 0 radical (unpaired) electrons. The molecule has 2 fully saturated rings. The second-order valence-corrected chi connectivity index (χ2v) is 12.4. The lowest BCUT2D eigenvalue weighted by atomic mass is 9.77. The van der Waals surface area contributed by atoms with Crippen LogP contribution >= 0.6 is 11.6 Å². The van der Waals surface area contributed by atoms with Crippen LogP contribution in [0.3, 0.4) is 0 Å². The summed E-state index contributed by atoms with van der Waals surface area (Å²) in [6.45, 7) is 6.40. The van der Waals surface area contributed by atoms with Crippen molar-refractivity contribution in [2.45, 2.75) is 51.1 Å². The van der Waals surface area contributed by atoms with Crippen LogP contribution in [0.5, 0.6) is 0 Å². The van der Waals surface area contributed by atoms with Crippen molar-refractivity contribution in [3.05, 3.63) is 89.0 Å². The van der Waals surface area contributed by atoms with Gasteiger partial charge in [-0.15, -0.1) is 0 Å². The van der Waals surface area contributed by atoms with Crippen LogP contribution in [-0.2, 0) is 25.7 Å². The summed E-state index contributed by atoms with van der Waals surface area (Å²) in [4.78, 5) is 48.4. The lowest BCUT2D eigenvalue weighted by Crippen LogP contribution is -2.59. The number of halogens is 1. The van der Waals surface area contributed by atoms with Crippen LogP contribution in [0.15, 0.2) is 72.8 Å². The number of hydrogen-bond donors (Lipinski definition) is 1. The van der Waals surface area contributed by atoms with E-state index in [1.54, 1.807) is 15.9 Å². The third-order valence-electron chi connectivity index (χ3n) is 9.17. The van der Waals surface area contributed by atoms with Crippen molar-refractivity contribution >= 4 is 35.0 Å². The van der Waals surface area contributed by atoms with Crippen molar-refractivity contribution in [1.82, 2.24) is 9.80 Å². The maximum absolute atomic E-state index is 14.7. The van der Waals surface area contributed by atoms with Gasteiger partial charge < -0.3 is 24.5 Å². The molecule has 6 rings (SSSR count).